The zero-order chi connectivity index (χ0) is 43.4. The molecule has 0 aliphatic heterocycles. The minimum absolute atomic E-state index is 0.0855. The second kappa shape index (κ2) is 29.2. The predicted molar refractivity (Wildman–Crippen MR) is 238 cm³/mol. The molecule has 2 aromatic carbocycles. The highest BCUT2D eigenvalue weighted by molar-refractivity contribution is 7.48. The van der Waals surface area contributed by atoms with Crippen LogP contribution >= 0.6 is 19.4 Å². The molecule has 0 aliphatic carbocycles. The molecule has 0 saturated heterocycles. The molecule has 0 saturated carbocycles. The van der Waals surface area contributed by atoms with Crippen LogP contribution in [0.25, 0.3) is 5.52 Å². The Balaban J connectivity index is 1.28. The largest absolute Gasteiger partial charge is 0.530 e. The van der Waals surface area contributed by atoms with Gasteiger partial charge >= 0.3 is 7.82 Å². The quantitative estimate of drug-likeness (QED) is 0.0267. The fraction of sp³-hybridized carbons (Fsp3) is 0.565. The topological polar surface area (TPSA) is 176 Å². The van der Waals surface area contributed by atoms with Gasteiger partial charge in [0.1, 0.15) is 29.8 Å². The first kappa shape index (κ1) is 49.5. The van der Waals surface area contributed by atoms with Gasteiger partial charge in [-0.2, -0.15) is 15.6 Å². The standard InChI is InChI=1S/C46H64ClN6O7P/c1-2-3-4-5-6-7-8-9-10-11-12-13-14-15-16-21-30-55-33-42(56-32-39-23-18-17-22-38(39)31-48)35-59-61(54,60-45-25-20-19-24-43(45)47)58-34-41(57-36-49)28-26-40-27-29-44-46(50)51-37-52-53(40)44/h17-20,22-25,27,29,37,41-42H,2-16,21,26,28,30,32-35H2,1H3,(H2,50,51,52)/t41-,42+,61?/m0/s1. The van der Waals surface area contributed by atoms with Crippen LogP contribution in [0.1, 0.15) is 133 Å². The first-order valence-corrected chi connectivity index (χ1v) is 23.8. The maximum atomic E-state index is 14.4. The van der Waals surface area contributed by atoms with Crippen LogP contribution in [0.5, 0.6) is 5.75 Å². The Bertz CT molecular complexity index is 1970. The number of phosphoric acid groups is 1. The van der Waals surface area contributed by atoms with E-state index in [2.05, 4.69) is 23.1 Å². The van der Waals surface area contributed by atoms with E-state index in [0.29, 0.717) is 41.9 Å². The number of hydrogen-bond acceptors (Lipinski definition) is 12. The molecule has 0 spiro atoms. The minimum Gasteiger partial charge on any atom is -0.422 e. The van der Waals surface area contributed by atoms with Crippen molar-refractivity contribution < 1.29 is 32.3 Å². The summed E-state index contributed by atoms with van der Waals surface area (Å²) in [6.45, 7) is 2.48. The zero-order valence-electron chi connectivity index (χ0n) is 35.8. The molecule has 0 fully saturated rings. The number of hydrogen-bond donors (Lipinski definition) is 1. The lowest BCUT2D eigenvalue weighted by molar-refractivity contribution is -0.0513. The number of aryl methyl sites for hydroxylation is 1. The molecular formula is C46H64ClN6O7P. The van der Waals surface area contributed by atoms with Gasteiger partial charge in [-0.1, -0.05) is 145 Å². The highest BCUT2D eigenvalue weighted by Crippen LogP contribution is 2.51. The number of nitrogen functional groups attached to an aromatic ring is 1. The summed E-state index contributed by atoms with van der Waals surface area (Å²) >= 11 is 6.39. The molecule has 0 aliphatic rings. The SMILES string of the molecule is CCCCCCCCCCCCCCCCCCOC[C@H](COP(=O)(OC[C@H](CCc1ccc2c(N)ncnn12)OC#N)Oc1ccccc1Cl)OCc1ccccc1C#N. The molecule has 2 heterocycles. The summed E-state index contributed by atoms with van der Waals surface area (Å²) < 4.78 is 51.3. The number of nitriles is 2. The maximum Gasteiger partial charge on any atom is 0.530 e. The smallest absolute Gasteiger partial charge is 0.422 e. The van der Waals surface area contributed by atoms with E-state index in [-0.39, 0.29) is 37.2 Å². The van der Waals surface area contributed by atoms with E-state index in [1.54, 1.807) is 47.2 Å². The highest BCUT2D eigenvalue weighted by atomic mass is 35.5. The number of benzene rings is 2. The van der Waals surface area contributed by atoms with Gasteiger partial charge in [-0.15, -0.1) is 0 Å². The lowest BCUT2D eigenvalue weighted by Gasteiger charge is -2.24. The molecule has 1 unspecified atom stereocenters. The Labute approximate surface area is 367 Å². The molecule has 13 nitrogen and oxygen atoms in total. The molecule has 332 valence electrons. The third-order valence-electron chi connectivity index (χ3n) is 10.4. The monoisotopic (exact) mass is 878 g/mol. The Morgan fingerprint density at radius 3 is 2.07 bits per heavy atom. The van der Waals surface area contributed by atoms with E-state index >= 15 is 0 Å². The number of unbranched alkanes of at least 4 members (excludes halogenated alkanes) is 15. The molecule has 2 N–H and O–H groups in total. The van der Waals surface area contributed by atoms with Gasteiger partial charge in [-0.3, -0.25) is 9.05 Å². The normalized spacial score (nSPS) is 13.3. The van der Waals surface area contributed by atoms with Crippen molar-refractivity contribution in [1.82, 2.24) is 14.6 Å². The summed E-state index contributed by atoms with van der Waals surface area (Å²) in [5.74, 6) is 0.425. The van der Waals surface area contributed by atoms with Crippen molar-refractivity contribution in [3.05, 3.63) is 88.8 Å². The number of aromatic nitrogens is 3. The average Bonchev–Trinajstić information content (AvgIpc) is 3.70. The van der Waals surface area contributed by atoms with Gasteiger partial charge in [0.15, 0.2) is 5.82 Å². The van der Waals surface area contributed by atoms with Gasteiger partial charge in [-0.25, -0.2) is 14.1 Å². The molecule has 61 heavy (non-hydrogen) atoms. The summed E-state index contributed by atoms with van der Waals surface area (Å²) in [4.78, 5) is 4.02. The molecule has 0 bridgehead atoms. The van der Waals surface area contributed by atoms with E-state index in [0.717, 1.165) is 25.0 Å². The number of nitrogens with zero attached hydrogens (tertiary/aromatic N) is 5. The van der Waals surface area contributed by atoms with Crippen molar-refractivity contribution in [1.29, 1.82) is 10.5 Å². The van der Waals surface area contributed by atoms with Gasteiger partial charge in [0.05, 0.1) is 43.1 Å². The third-order valence-corrected chi connectivity index (χ3v) is 12.1. The molecular weight excluding hydrogens is 815 g/mol. The summed E-state index contributed by atoms with van der Waals surface area (Å²) in [5, 5.41) is 23.6. The number of para-hydroxylation sites is 1. The number of fused-ring (bicyclic) bond motifs is 1. The van der Waals surface area contributed by atoms with Gasteiger partial charge in [0, 0.05) is 12.3 Å². The van der Waals surface area contributed by atoms with Crippen LogP contribution in [-0.4, -0.2) is 53.2 Å². The van der Waals surface area contributed by atoms with Crippen LogP contribution < -0.4 is 10.3 Å². The predicted octanol–water partition coefficient (Wildman–Crippen LogP) is 11.7. The first-order valence-electron chi connectivity index (χ1n) is 22.0. The fourth-order valence-electron chi connectivity index (χ4n) is 6.91. The van der Waals surface area contributed by atoms with Crippen LogP contribution in [0.4, 0.5) is 5.82 Å². The van der Waals surface area contributed by atoms with E-state index < -0.39 is 20.0 Å². The van der Waals surface area contributed by atoms with E-state index in [1.165, 1.54) is 89.8 Å². The number of ether oxygens (including phenoxy) is 3. The lowest BCUT2D eigenvalue weighted by atomic mass is 10.0. The molecule has 2 aromatic heterocycles. The Kier molecular flexibility index (Phi) is 23.6. The van der Waals surface area contributed by atoms with Crippen LogP contribution in [-0.2, 0) is 40.9 Å². The fourth-order valence-corrected chi connectivity index (χ4v) is 8.41. The number of halogens is 1. The zero-order valence-corrected chi connectivity index (χ0v) is 37.4. The summed E-state index contributed by atoms with van der Waals surface area (Å²) in [5.41, 5.74) is 8.63. The minimum atomic E-state index is -4.42. The average molecular weight is 879 g/mol. The number of anilines is 1. The first-order chi connectivity index (χ1) is 29.9. The van der Waals surface area contributed by atoms with Crippen LogP contribution in [0.15, 0.2) is 67.0 Å². The van der Waals surface area contributed by atoms with Crippen molar-refractivity contribution in [2.24, 2.45) is 0 Å². The number of phosphoric ester groups is 1. The molecule has 0 amide bonds. The van der Waals surface area contributed by atoms with Crippen molar-refractivity contribution in [2.75, 3.05) is 32.2 Å². The van der Waals surface area contributed by atoms with Crippen LogP contribution in [0, 0.1) is 22.8 Å². The Morgan fingerprint density at radius 2 is 1.41 bits per heavy atom. The van der Waals surface area contributed by atoms with Gasteiger partial charge < -0.3 is 24.5 Å². The number of rotatable bonds is 34. The van der Waals surface area contributed by atoms with Crippen LogP contribution in [0.2, 0.25) is 5.02 Å². The van der Waals surface area contributed by atoms with Crippen molar-refractivity contribution >= 4 is 30.8 Å². The molecule has 4 rings (SSSR count). The van der Waals surface area contributed by atoms with Crippen LogP contribution in [0.3, 0.4) is 0 Å². The third kappa shape index (κ3) is 18.8. The van der Waals surface area contributed by atoms with E-state index in [1.807, 2.05) is 24.3 Å². The maximum absolute atomic E-state index is 14.4. The second-order valence-corrected chi connectivity index (χ2v) is 17.3. The number of nitrogens with two attached hydrogens (primary N) is 1. The van der Waals surface area contributed by atoms with Gasteiger partial charge in [-0.05, 0) is 55.2 Å². The van der Waals surface area contributed by atoms with E-state index in [9.17, 15) is 15.1 Å². The molecule has 4 aromatic rings. The Hall–Kier alpha value is -4.20. The summed E-state index contributed by atoms with van der Waals surface area (Å²) in [6.07, 6.45) is 22.9. The van der Waals surface area contributed by atoms with Crippen molar-refractivity contribution in [3.8, 4) is 18.1 Å². The summed E-state index contributed by atoms with van der Waals surface area (Å²) in [6, 6.07) is 19.5. The summed E-state index contributed by atoms with van der Waals surface area (Å²) in [7, 11) is -4.42. The molecule has 15 heteroatoms. The van der Waals surface area contributed by atoms with Crippen molar-refractivity contribution in [3.63, 3.8) is 0 Å². The lowest BCUT2D eigenvalue weighted by Crippen LogP contribution is -2.27. The highest BCUT2D eigenvalue weighted by Gasteiger charge is 2.33. The van der Waals surface area contributed by atoms with Gasteiger partial charge in [0.2, 0.25) is 0 Å². The van der Waals surface area contributed by atoms with E-state index in [4.69, 9.17) is 45.1 Å². The Morgan fingerprint density at radius 1 is 0.787 bits per heavy atom. The molecule has 3 atom stereocenters. The second-order valence-electron chi connectivity index (χ2n) is 15.3. The van der Waals surface area contributed by atoms with Crippen molar-refractivity contribution in [2.45, 2.75) is 141 Å². The molecule has 0 radical (unpaired) electrons. The van der Waals surface area contributed by atoms with Gasteiger partial charge in [0.25, 0.3) is 6.26 Å².